The highest BCUT2D eigenvalue weighted by atomic mass is 35.5. The number of carbonyl (C=O) groups excluding carboxylic acids is 2. The molecule has 9 nitrogen and oxygen atoms in total. The van der Waals surface area contributed by atoms with Crippen molar-refractivity contribution in [2.24, 2.45) is 5.73 Å². The predicted molar refractivity (Wildman–Crippen MR) is 148 cm³/mol. The predicted octanol–water partition coefficient (Wildman–Crippen LogP) is 4.23. The van der Waals surface area contributed by atoms with E-state index in [9.17, 15) is 9.59 Å². The number of aromatic amines is 1. The summed E-state index contributed by atoms with van der Waals surface area (Å²) < 4.78 is 5.11. The van der Waals surface area contributed by atoms with Gasteiger partial charge in [-0.1, -0.05) is 18.2 Å². The number of nitrogens with zero attached hydrogens (tertiary/aromatic N) is 3. The van der Waals surface area contributed by atoms with Crippen LogP contribution in [-0.2, 0) is 17.7 Å². The molecule has 0 bridgehead atoms. The largest absolute Gasteiger partial charge is 0.450 e. The number of thiazole rings is 1. The number of nitrogens with two attached hydrogens (primary N) is 1. The first-order valence-electron chi connectivity index (χ1n) is 12.4. The van der Waals surface area contributed by atoms with Crippen molar-refractivity contribution in [3.05, 3.63) is 57.1 Å². The van der Waals surface area contributed by atoms with E-state index in [-0.39, 0.29) is 12.1 Å². The van der Waals surface area contributed by atoms with E-state index in [1.54, 1.807) is 34.4 Å². The van der Waals surface area contributed by atoms with Crippen molar-refractivity contribution in [2.45, 2.75) is 38.8 Å². The molecule has 0 unspecified atom stereocenters. The van der Waals surface area contributed by atoms with Crippen LogP contribution in [0.3, 0.4) is 0 Å². The zero-order valence-corrected chi connectivity index (χ0v) is 22.8. The fraction of sp³-hybridized carbons (Fsp3) is 0.423. The van der Waals surface area contributed by atoms with Gasteiger partial charge >= 0.3 is 6.09 Å². The van der Waals surface area contributed by atoms with Gasteiger partial charge < -0.3 is 30.6 Å². The number of likely N-dealkylation sites (tertiary alicyclic amines) is 1. The van der Waals surface area contributed by atoms with Gasteiger partial charge in [0.25, 0.3) is 5.91 Å². The van der Waals surface area contributed by atoms with Crippen LogP contribution in [0.15, 0.2) is 30.8 Å². The van der Waals surface area contributed by atoms with E-state index in [4.69, 9.17) is 27.1 Å². The molecule has 3 aromatic rings. The summed E-state index contributed by atoms with van der Waals surface area (Å²) in [6.45, 7) is 9.89. The Morgan fingerprint density at radius 1 is 1.35 bits per heavy atom. The van der Waals surface area contributed by atoms with Crippen molar-refractivity contribution >= 4 is 51.5 Å². The first-order valence-corrected chi connectivity index (χ1v) is 13.6. The topological polar surface area (TPSA) is 117 Å². The molecule has 2 aromatic heterocycles. The summed E-state index contributed by atoms with van der Waals surface area (Å²) in [6, 6.07) is 7.23. The van der Waals surface area contributed by atoms with Crippen LogP contribution in [0.25, 0.3) is 16.6 Å². The van der Waals surface area contributed by atoms with Gasteiger partial charge in [-0.15, -0.1) is 11.3 Å². The average Bonchev–Trinajstić information content (AvgIpc) is 3.48. The third-order valence-corrected chi connectivity index (χ3v) is 7.73. The Morgan fingerprint density at radius 3 is 2.92 bits per heavy atom. The minimum atomic E-state index is -0.465. The summed E-state index contributed by atoms with van der Waals surface area (Å²) in [6.07, 6.45) is 2.80. The summed E-state index contributed by atoms with van der Waals surface area (Å²) in [5.41, 5.74) is 8.46. The minimum absolute atomic E-state index is 0.208. The number of primary amides is 1. The van der Waals surface area contributed by atoms with Gasteiger partial charge in [-0.05, 0) is 51.1 Å². The number of benzene rings is 1. The number of fused-ring (bicyclic) bond motifs is 2. The fourth-order valence-electron chi connectivity index (χ4n) is 4.47. The number of likely N-dealkylation sites (N-methyl/N-ethyl adjacent to an activating group) is 1. The smallest absolute Gasteiger partial charge is 0.409 e. The Hall–Kier alpha value is -3.08. The molecule has 1 aromatic carbocycles. The Kier molecular flexibility index (Phi) is 8.73. The quantitative estimate of drug-likeness (QED) is 0.442. The molecular formula is C26H33ClN6O3S. The highest BCUT2D eigenvalue weighted by Gasteiger charge is 2.26. The van der Waals surface area contributed by atoms with Crippen LogP contribution in [0.5, 0.6) is 0 Å². The molecule has 0 saturated carbocycles. The molecule has 198 valence electrons. The molecule has 1 atom stereocenters. The van der Waals surface area contributed by atoms with Gasteiger partial charge in [0.15, 0.2) is 0 Å². The molecule has 2 amide bonds. The summed E-state index contributed by atoms with van der Waals surface area (Å²) in [4.78, 5) is 35.8. The molecule has 2 aliphatic heterocycles. The monoisotopic (exact) mass is 544 g/mol. The molecular weight excluding hydrogens is 512 g/mol. The van der Waals surface area contributed by atoms with Crippen LogP contribution >= 0.6 is 22.9 Å². The Balaban J connectivity index is 0.000000207. The lowest BCUT2D eigenvalue weighted by Gasteiger charge is -2.33. The van der Waals surface area contributed by atoms with Gasteiger partial charge in [0, 0.05) is 59.4 Å². The van der Waals surface area contributed by atoms with Crippen LogP contribution in [0.4, 0.5) is 4.79 Å². The van der Waals surface area contributed by atoms with Crippen LogP contribution in [0.2, 0.25) is 5.02 Å². The van der Waals surface area contributed by atoms with Gasteiger partial charge in [-0.3, -0.25) is 4.79 Å². The number of ether oxygens (including phenoxy) is 1. The van der Waals surface area contributed by atoms with Gasteiger partial charge in [-0.25, -0.2) is 9.78 Å². The Morgan fingerprint density at radius 2 is 2.16 bits per heavy atom. The molecule has 1 saturated heterocycles. The number of piperidine rings is 1. The van der Waals surface area contributed by atoms with Crippen molar-refractivity contribution in [3.63, 3.8) is 0 Å². The molecule has 4 N–H and O–H groups in total. The van der Waals surface area contributed by atoms with Gasteiger partial charge in [0.1, 0.15) is 10.7 Å². The lowest BCUT2D eigenvalue weighted by atomic mass is 10.1. The van der Waals surface area contributed by atoms with Gasteiger partial charge in [-0.2, -0.15) is 0 Å². The zero-order chi connectivity index (χ0) is 26.5. The van der Waals surface area contributed by atoms with E-state index in [0.29, 0.717) is 23.9 Å². The maximum absolute atomic E-state index is 11.9. The number of aromatic nitrogens is 2. The van der Waals surface area contributed by atoms with E-state index < -0.39 is 5.91 Å². The first-order chi connectivity index (χ1) is 17.7. The molecule has 4 heterocycles. The number of hydrogen-bond donors (Lipinski definition) is 3. The van der Waals surface area contributed by atoms with E-state index >= 15 is 0 Å². The second kappa shape index (κ2) is 12.0. The highest BCUT2D eigenvalue weighted by molar-refractivity contribution is 7.12. The number of amides is 2. The third-order valence-electron chi connectivity index (χ3n) is 6.35. The van der Waals surface area contributed by atoms with E-state index in [1.807, 2.05) is 13.0 Å². The van der Waals surface area contributed by atoms with Crippen molar-refractivity contribution in [3.8, 4) is 0 Å². The SMILES string of the molecule is C=C(N[C@H]1CCCN(C(=O)OCC)C1)c1nc2c(s1)CN(C)CC2.NC(=O)c1cc2cc(Cl)ccc2[nH]1. The first kappa shape index (κ1) is 27.0. The van der Waals surface area contributed by atoms with E-state index in [1.165, 1.54) is 10.6 Å². The molecule has 11 heteroatoms. The molecule has 0 radical (unpaired) electrons. The van der Waals surface area contributed by atoms with Crippen LogP contribution in [0.1, 0.15) is 45.8 Å². The maximum Gasteiger partial charge on any atom is 0.409 e. The lowest BCUT2D eigenvalue weighted by Crippen LogP contribution is -2.47. The molecule has 5 rings (SSSR count). The second-order valence-corrected chi connectivity index (χ2v) is 10.8. The minimum Gasteiger partial charge on any atom is -0.450 e. The number of hydrogen-bond acceptors (Lipinski definition) is 7. The lowest BCUT2D eigenvalue weighted by molar-refractivity contribution is 0.0943. The molecule has 37 heavy (non-hydrogen) atoms. The number of H-pyrrole nitrogens is 1. The molecule has 0 aliphatic carbocycles. The van der Waals surface area contributed by atoms with E-state index in [2.05, 4.69) is 28.8 Å². The van der Waals surface area contributed by atoms with Gasteiger partial charge in [0.05, 0.1) is 18.0 Å². The Labute approximate surface area is 225 Å². The zero-order valence-electron chi connectivity index (χ0n) is 21.2. The molecule has 1 fully saturated rings. The summed E-state index contributed by atoms with van der Waals surface area (Å²) in [5.74, 6) is -0.465. The summed E-state index contributed by atoms with van der Waals surface area (Å²) in [5, 5.41) is 5.98. The normalized spacial score (nSPS) is 17.5. The fourth-order valence-corrected chi connectivity index (χ4v) is 5.77. The number of halogens is 1. The maximum atomic E-state index is 11.9. The van der Waals surface area contributed by atoms with Crippen molar-refractivity contribution in [1.82, 2.24) is 25.1 Å². The number of rotatable bonds is 5. The third kappa shape index (κ3) is 6.82. The van der Waals surface area contributed by atoms with Crippen molar-refractivity contribution < 1.29 is 14.3 Å². The number of nitrogens with one attached hydrogen (secondary N) is 2. The Bertz CT molecular complexity index is 1290. The van der Waals surface area contributed by atoms with E-state index in [0.717, 1.165) is 60.5 Å². The number of carbonyl (C=O) groups is 2. The summed E-state index contributed by atoms with van der Waals surface area (Å²) in [7, 11) is 2.14. The van der Waals surface area contributed by atoms with Crippen molar-refractivity contribution in [2.75, 3.05) is 33.3 Å². The van der Waals surface area contributed by atoms with Crippen LogP contribution < -0.4 is 11.1 Å². The van der Waals surface area contributed by atoms with Crippen molar-refractivity contribution in [1.29, 1.82) is 0 Å². The van der Waals surface area contributed by atoms with Gasteiger partial charge in [0.2, 0.25) is 0 Å². The average molecular weight is 545 g/mol. The van der Waals surface area contributed by atoms with Crippen LogP contribution in [-0.4, -0.2) is 71.1 Å². The summed E-state index contributed by atoms with van der Waals surface area (Å²) >= 11 is 7.51. The van der Waals surface area contributed by atoms with Crippen LogP contribution in [0, 0.1) is 0 Å². The molecule has 0 spiro atoms. The molecule has 2 aliphatic rings. The second-order valence-electron chi connectivity index (χ2n) is 9.26. The standard InChI is InChI=1S/C17H26N4O2S.C9H7ClN2O/c1-4-23-17(22)21-8-5-6-13(10-21)18-12(2)16-19-14-7-9-20(3)11-15(14)24-16;10-6-1-2-7-5(3-6)4-8(12-7)9(11)13/h13,18H,2,4-11H2,1,3H3;1-4,12H,(H2,11,13)/t13-;/m0./s1. The highest BCUT2D eigenvalue weighted by Crippen LogP contribution is 2.28.